The number of imidazole rings is 1. The number of nitrogens with zero attached hydrogens (tertiary/aromatic N) is 2. The zero-order valence-electron chi connectivity index (χ0n) is 11.8. The molecule has 0 atom stereocenters. The number of hydrogen-bond acceptors (Lipinski definition) is 2. The molecule has 0 aliphatic rings. The van der Waals surface area contributed by atoms with Crippen molar-refractivity contribution in [2.45, 2.75) is 19.8 Å². The second-order valence-electron chi connectivity index (χ2n) is 5.03. The molecule has 0 saturated carbocycles. The minimum absolute atomic E-state index is 0.0992. The fourth-order valence-electron chi connectivity index (χ4n) is 2.61. The number of fused-ring (bicyclic) bond motifs is 1. The van der Waals surface area contributed by atoms with E-state index in [1.165, 1.54) is 0 Å². The molecule has 0 aliphatic heterocycles. The Morgan fingerprint density at radius 2 is 1.90 bits per heavy atom. The van der Waals surface area contributed by atoms with Crippen LogP contribution in [0.1, 0.15) is 17.8 Å². The van der Waals surface area contributed by atoms with E-state index in [0.29, 0.717) is 6.42 Å². The minimum Gasteiger partial charge on any atom is -0.481 e. The maximum Gasteiger partial charge on any atom is 0.303 e. The van der Waals surface area contributed by atoms with E-state index in [2.05, 4.69) is 0 Å². The molecule has 0 spiro atoms. The van der Waals surface area contributed by atoms with Crippen molar-refractivity contribution in [3.05, 3.63) is 59.9 Å². The molecule has 4 heteroatoms. The van der Waals surface area contributed by atoms with Gasteiger partial charge < -0.3 is 9.51 Å². The molecule has 21 heavy (non-hydrogen) atoms. The number of carboxylic acid groups (broad SMARTS) is 1. The number of carboxylic acids is 1. The van der Waals surface area contributed by atoms with Crippen molar-refractivity contribution in [2.75, 3.05) is 0 Å². The van der Waals surface area contributed by atoms with Gasteiger partial charge in [-0.25, -0.2) is 4.98 Å². The number of carbonyl (C=O) groups is 1. The maximum absolute atomic E-state index is 10.9. The van der Waals surface area contributed by atoms with Gasteiger partial charge in [0, 0.05) is 17.7 Å². The van der Waals surface area contributed by atoms with Crippen LogP contribution in [0.4, 0.5) is 0 Å². The first kappa shape index (κ1) is 13.4. The predicted octanol–water partition coefficient (Wildman–Crippen LogP) is 3.33. The summed E-state index contributed by atoms with van der Waals surface area (Å²) < 4.78 is 2.05. The molecular formula is C17H16N2O2. The number of benzene rings is 1. The van der Waals surface area contributed by atoms with E-state index in [9.17, 15) is 4.79 Å². The van der Waals surface area contributed by atoms with E-state index in [1.54, 1.807) is 0 Å². The molecule has 0 saturated heterocycles. The Kier molecular flexibility index (Phi) is 3.44. The molecule has 0 bridgehead atoms. The Balaban J connectivity index is 2.21. The molecule has 3 rings (SSSR count). The quantitative estimate of drug-likeness (QED) is 0.797. The van der Waals surface area contributed by atoms with Gasteiger partial charge >= 0.3 is 5.97 Å². The van der Waals surface area contributed by atoms with Gasteiger partial charge in [0.25, 0.3) is 0 Å². The van der Waals surface area contributed by atoms with E-state index in [4.69, 9.17) is 10.1 Å². The van der Waals surface area contributed by atoms with Gasteiger partial charge in [-0.05, 0) is 19.1 Å². The van der Waals surface area contributed by atoms with Gasteiger partial charge in [-0.3, -0.25) is 4.79 Å². The summed E-state index contributed by atoms with van der Waals surface area (Å²) in [5, 5.41) is 8.99. The topological polar surface area (TPSA) is 54.6 Å². The fourth-order valence-corrected chi connectivity index (χ4v) is 2.61. The Morgan fingerprint density at radius 1 is 1.14 bits per heavy atom. The van der Waals surface area contributed by atoms with E-state index >= 15 is 0 Å². The van der Waals surface area contributed by atoms with Gasteiger partial charge in [-0.2, -0.15) is 0 Å². The van der Waals surface area contributed by atoms with Gasteiger partial charge in [-0.15, -0.1) is 0 Å². The summed E-state index contributed by atoms with van der Waals surface area (Å²) >= 11 is 0. The molecule has 0 radical (unpaired) electrons. The Bertz CT molecular complexity index is 791. The minimum atomic E-state index is -0.794. The molecule has 0 amide bonds. The van der Waals surface area contributed by atoms with Crippen LogP contribution in [-0.2, 0) is 11.2 Å². The fraction of sp³-hybridized carbons (Fsp3) is 0.176. The maximum atomic E-state index is 10.9. The number of aromatic nitrogens is 2. The highest BCUT2D eigenvalue weighted by Gasteiger charge is 2.15. The van der Waals surface area contributed by atoms with Crippen LogP contribution < -0.4 is 0 Å². The Hall–Kier alpha value is -2.62. The lowest BCUT2D eigenvalue weighted by molar-refractivity contribution is -0.136. The average Bonchev–Trinajstić information content (AvgIpc) is 2.86. The number of aliphatic carboxylic acids is 1. The van der Waals surface area contributed by atoms with E-state index in [-0.39, 0.29) is 6.42 Å². The first-order valence-electron chi connectivity index (χ1n) is 6.91. The van der Waals surface area contributed by atoms with Crippen LogP contribution in [0.3, 0.4) is 0 Å². The van der Waals surface area contributed by atoms with Crippen LogP contribution in [0.5, 0.6) is 0 Å². The molecule has 0 fully saturated rings. The standard InChI is InChI=1S/C17H16N2O2/c1-12-6-5-9-15-18-17(13-7-3-2-4-8-13)14(19(12)15)10-11-16(20)21/h2-9H,10-11H2,1H3,(H,20,21). The third-order valence-corrected chi connectivity index (χ3v) is 3.56. The van der Waals surface area contributed by atoms with Crippen molar-refractivity contribution >= 4 is 11.6 Å². The Morgan fingerprint density at radius 3 is 2.62 bits per heavy atom. The number of aryl methyl sites for hydroxylation is 2. The third kappa shape index (κ3) is 2.52. The molecule has 3 aromatic rings. The normalized spacial score (nSPS) is 10.9. The summed E-state index contributed by atoms with van der Waals surface area (Å²) in [7, 11) is 0. The molecule has 106 valence electrons. The van der Waals surface area contributed by atoms with Crippen LogP contribution in [0.15, 0.2) is 48.5 Å². The van der Waals surface area contributed by atoms with Crippen LogP contribution in [0.2, 0.25) is 0 Å². The Labute approximate surface area is 122 Å². The zero-order valence-corrected chi connectivity index (χ0v) is 11.8. The second-order valence-corrected chi connectivity index (χ2v) is 5.03. The van der Waals surface area contributed by atoms with Crippen molar-refractivity contribution in [3.8, 4) is 11.3 Å². The summed E-state index contributed by atoms with van der Waals surface area (Å²) in [4.78, 5) is 15.6. The summed E-state index contributed by atoms with van der Waals surface area (Å²) in [5.74, 6) is -0.794. The first-order chi connectivity index (χ1) is 10.2. The molecule has 4 nitrogen and oxygen atoms in total. The van der Waals surface area contributed by atoms with Crippen LogP contribution >= 0.6 is 0 Å². The van der Waals surface area contributed by atoms with Gasteiger partial charge in [0.1, 0.15) is 5.65 Å². The second kappa shape index (κ2) is 5.40. The number of rotatable bonds is 4. The van der Waals surface area contributed by atoms with Gasteiger partial charge in [0.2, 0.25) is 0 Å². The molecule has 0 aliphatic carbocycles. The van der Waals surface area contributed by atoms with E-state index in [1.807, 2.05) is 59.9 Å². The summed E-state index contributed by atoms with van der Waals surface area (Å²) in [6, 6.07) is 15.8. The first-order valence-corrected chi connectivity index (χ1v) is 6.91. The predicted molar refractivity (Wildman–Crippen MR) is 81.3 cm³/mol. The molecule has 0 unspecified atom stereocenters. The third-order valence-electron chi connectivity index (χ3n) is 3.56. The largest absolute Gasteiger partial charge is 0.481 e. The van der Waals surface area contributed by atoms with Crippen LogP contribution in [0, 0.1) is 6.92 Å². The molecule has 1 aromatic carbocycles. The molecule has 1 N–H and O–H groups in total. The SMILES string of the molecule is Cc1cccc2nc(-c3ccccc3)c(CCC(=O)O)n12. The summed E-state index contributed by atoms with van der Waals surface area (Å²) in [5.41, 5.74) is 4.75. The zero-order chi connectivity index (χ0) is 14.8. The average molecular weight is 280 g/mol. The highest BCUT2D eigenvalue weighted by Crippen LogP contribution is 2.26. The summed E-state index contributed by atoms with van der Waals surface area (Å²) in [6.45, 7) is 2.01. The van der Waals surface area contributed by atoms with Crippen molar-refractivity contribution in [1.82, 2.24) is 9.38 Å². The lowest BCUT2D eigenvalue weighted by atomic mass is 10.1. The van der Waals surface area contributed by atoms with Crippen molar-refractivity contribution < 1.29 is 9.90 Å². The van der Waals surface area contributed by atoms with Gasteiger partial charge in [-0.1, -0.05) is 36.4 Å². The highest BCUT2D eigenvalue weighted by atomic mass is 16.4. The smallest absolute Gasteiger partial charge is 0.303 e. The lowest BCUT2D eigenvalue weighted by Gasteiger charge is -2.06. The highest BCUT2D eigenvalue weighted by molar-refractivity contribution is 5.70. The summed E-state index contributed by atoms with van der Waals surface area (Å²) in [6.07, 6.45) is 0.563. The number of pyridine rings is 1. The molecule has 2 heterocycles. The van der Waals surface area contributed by atoms with Gasteiger partial charge in [0.05, 0.1) is 17.8 Å². The van der Waals surface area contributed by atoms with Crippen molar-refractivity contribution in [3.63, 3.8) is 0 Å². The van der Waals surface area contributed by atoms with Gasteiger partial charge in [0.15, 0.2) is 0 Å². The van der Waals surface area contributed by atoms with Crippen molar-refractivity contribution in [2.24, 2.45) is 0 Å². The van der Waals surface area contributed by atoms with Crippen LogP contribution in [0.25, 0.3) is 16.9 Å². The van der Waals surface area contributed by atoms with Crippen molar-refractivity contribution in [1.29, 1.82) is 0 Å². The molecular weight excluding hydrogens is 264 g/mol. The van der Waals surface area contributed by atoms with E-state index < -0.39 is 5.97 Å². The molecule has 2 aromatic heterocycles. The van der Waals surface area contributed by atoms with E-state index in [0.717, 1.165) is 28.3 Å². The monoisotopic (exact) mass is 280 g/mol. The number of hydrogen-bond donors (Lipinski definition) is 1. The van der Waals surface area contributed by atoms with Crippen LogP contribution in [-0.4, -0.2) is 20.5 Å². The lowest BCUT2D eigenvalue weighted by Crippen LogP contribution is -2.03.